The fourth-order valence-corrected chi connectivity index (χ4v) is 4.44. The molecule has 1 saturated heterocycles. The van der Waals surface area contributed by atoms with Gasteiger partial charge in [-0.15, -0.1) is 0 Å². The molecule has 3 nitrogen and oxygen atoms in total. The molecule has 0 unspecified atom stereocenters. The molecule has 0 bridgehead atoms. The lowest BCUT2D eigenvalue weighted by atomic mass is 9.80. The third-order valence-electron chi connectivity index (χ3n) is 6.27. The minimum absolute atomic E-state index is 0.342. The van der Waals surface area contributed by atoms with Gasteiger partial charge in [0, 0.05) is 24.5 Å². The van der Waals surface area contributed by atoms with E-state index in [-0.39, 0.29) is 0 Å². The minimum Gasteiger partial charge on any atom is -0.342 e. The molecule has 2 saturated carbocycles. The fraction of sp³-hybridized carbons (Fsp3) is 0.944. The third-order valence-corrected chi connectivity index (χ3v) is 6.27. The SMILES string of the molecule is CN(C)C1(CC2CC2)CCN(C(=O)C2CCCCC2)CC1. The minimum atomic E-state index is 0.342. The van der Waals surface area contributed by atoms with Crippen LogP contribution in [0.5, 0.6) is 0 Å². The molecule has 0 aromatic heterocycles. The summed E-state index contributed by atoms with van der Waals surface area (Å²) in [4.78, 5) is 17.3. The summed E-state index contributed by atoms with van der Waals surface area (Å²) in [6.07, 6.45) is 12.7. The first-order valence-corrected chi connectivity index (χ1v) is 9.07. The highest BCUT2D eigenvalue weighted by Gasteiger charge is 2.42. The van der Waals surface area contributed by atoms with Crippen molar-refractivity contribution in [1.29, 1.82) is 0 Å². The number of likely N-dealkylation sites (tertiary alicyclic amines) is 1. The van der Waals surface area contributed by atoms with Crippen LogP contribution in [0.15, 0.2) is 0 Å². The smallest absolute Gasteiger partial charge is 0.225 e. The summed E-state index contributed by atoms with van der Waals surface area (Å²) in [5.74, 6) is 1.77. The van der Waals surface area contributed by atoms with Crippen molar-refractivity contribution in [2.45, 2.75) is 69.7 Å². The number of hydrogen-bond donors (Lipinski definition) is 0. The van der Waals surface area contributed by atoms with Crippen LogP contribution in [0.1, 0.15) is 64.2 Å². The van der Waals surface area contributed by atoms with E-state index in [1.165, 1.54) is 51.4 Å². The average Bonchev–Trinajstić information content (AvgIpc) is 3.32. The van der Waals surface area contributed by atoms with E-state index in [0.29, 0.717) is 17.4 Å². The Hall–Kier alpha value is -0.570. The van der Waals surface area contributed by atoms with Crippen molar-refractivity contribution in [2.24, 2.45) is 11.8 Å². The van der Waals surface area contributed by atoms with Crippen LogP contribution in [0.3, 0.4) is 0 Å². The van der Waals surface area contributed by atoms with Crippen LogP contribution < -0.4 is 0 Å². The molecule has 0 atom stereocenters. The normalized spacial score (nSPS) is 27.1. The van der Waals surface area contributed by atoms with Gasteiger partial charge in [-0.05, 0) is 52.1 Å². The van der Waals surface area contributed by atoms with Crippen LogP contribution in [0.25, 0.3) is 0 Å². The van der Waals surface area contributed by atoms with E-state index < -0.39 is 0 Å². The molecule has 1 amide bonds. The van der Waals surface area contributed by atoms with Crippen molar-refractivity contribution < 1.29 is 4.79 Å². The number of piperidine rings is 1. The Bertz CT molecular complexity index is 361. The van der Waals surface area contributed by atoms with E-state index >= 15 is 0 Å². The van der Waals surface area contributed by atoms with Crippen LogP contribution >= 0.6 is 0 Å². The number of carbonyl (C=O) groups excluding carboxylic acids is 1. The molecule has 3 aliphatic rings. The summed E-state index contributed by atoms with van der Waals surface area (Å²) in [5.41, 5.74) is 0.366. The summed E-state index contributed by atoms with van der Waals surface area (Å²) in [6.45, 7) is 1.97. The molecule has 0 aromatic carbocycles. The first-order valence-electron chi connectivity index (χ1n) is 9.07. The molecule has 120 valence electrons. The van der Waals surface area contributed by atoms with Gasteiger partial charge >= 0.3 is 0 Å². The summed E-state index contributed by atoms with van der Waals surface area (Å²) >= 11 is 0. The lowest BCUT2D eigenvalue weighted by molar-refractivity contribution is -0.139. The predicted octanol–water partition coefficient (Wildman–Crippen LogP) is 3.29. The van der Waals surface area contributed by atoms with Crippen molar-refractivity contribution in [3.63, 3.8) is 0 Å². The summed E-state index contributed by atoms with van der Waals surface area (Å²) in [6, 6.07) is 0. The second-order valence-corrected chi connectivity index (χ2v) is 7.93. The average molecular weight is 292 g/mol. The van der Waals surface area contributed by atoms with E-state index in [1.54, 1.807) is 0 Å². The Balaban J connectivity index is 1.56. The Labute approximate surface area is 130 Å². The molecule has 0 radical (unpaired) electrons. The first-order chi connectivity index (χ1) is 10.1. The van der Waals surface area contributed by atoms with Crippen molar-refractivity contribution in [2.75, 3.05) is 27.2 Å². The molecule has 1 aliphatic heterocycles. The quantitative estimate of drug-likeness (QED) is 0.794. The van der Waals surface area contributed by atoms with Crippen LogP contribution in [0.2, 0.25) is 0 Å². The summed E-state index contributed by atoms with van der Waals surface area (Å²) in [7, 11) is 4.47. The Morgan fingerprint density at radius 1 is 1.05 bits per heavy atom. The summed E-state index contributed by atoms with van der Waals surface area (Å²) in [5, 5.41) is 0. The van der Waals surface area contributed by atoms with Gasteiger partial charge < -0.3 is 9.80 Å². The maximum Gasteiger partial charge on any atom is 0.225 e. The molecule has 3 fully saturated rings. The van der Waals surface area contributed by atoms with Crippen LogP contribution in [0.4, 0.5) is 0 Å². The largest absolute Gasteiger partial charge is 0.342 e. The number of nitrogens with zero attached hydrogens (tertiary/aromatic N) is 2. The zero-order chi connectivity index (χ0) is 14.9. The standard InChI is InChI=1S/C18H32N2O/c1-19(2)18(14-15-8-9-15)10-12-20(13-11-18)17(21)16-6-4-3-5-7-16/h15-16H,3-14H2,1-2H3. The molecule has 1 heterocycles. The zero-order valence-corrected chi connectivity index (χ0v) is 13.9. The fourth-order valence-electron chi connectivity index (χ4n) is 4.44. The Morgan fingerprint density at radius 3 is 2.19 bits per heavy atom. The van der Waals surface area contributed by atoms with Crippen LogP contribution in [-0.2, 0) is 4.79 Å². The molecular weight excluding hydrogens is 260 g/mol. The van der Waals surface area contributed by atoms with Crippen LogP contribution in [0, 0.1) is 11.8 Å². The second-order valence-electron chi connectivity index (χ2n) is 7.93. The van der Waals surface area contributed by atoms with Gasteiger partial charge in [-0.1, -0.05) is 32.1 Å². The molecule has 2 aliphatic carbocycles. The van der Waals surface area contributed by atoms with Gasteiger partial charge in [-0.25, -0.2) is 0 Å². The Kier molecular flexibility index (Phi) is 4.58. The van der Waals surface area contributed by atoms with Gasteiger partial charge in [0.25, 0.3) is 0 Å². The maximum atomic E-state index is 12.7. The molecule has 0 spiro atoms. The molecule has 3 heteroatoms. The van der Waals surface area contributed by atoms with Gasteiger partial charge in [0.15, 0.2) is 0 Å². The number of amides is 1. The van der Waals surface area contributed by atoms with Crippen molar-refractivity contribution >= 4 is 5.91 Å². The van der Waals surface area contributed by atoms with Gasteiger partial charge in [0.05, 0.1) is 0 Å². The zero-order valence-electron chi connectivity index (χ0n) is 13.9. The van der Waals surface area contributed by atoms with Gasteiger partial charge in [0.2, 0.25) is 5.91 Å². The monoisotopic (exact) mass is 292 g/mol. The number of hydrogen-bond acceptors (Lipinski definition) is 2. The van der Waals surface area contributed by atoms with Gasteiger partial charge in [-0.2, -0.15) is 0 Å². The highest BCUT2D eigenvalue weighted by molar-refractivity contribution is 5.79. The number of carbonyl (C=O) groups is 1. The van der Waals surface area contributed by atoms with E-state index in [9.17, 15) is 4.79 Å². The predicted molar refractivity (Wildman–Crippen MR) is 86.1 cm³/mol. The third kappa shape index (κ3) is 3.44. The van der Waals surface area contributed by atoms with Crippen molar-refractivity contribution in [1.82, 2.24) is 9.80 Å². The Morgan fingerprint density at radius 2 is 1.67 bits per heavy atom. The lowest BCUT2D eigenvalue weighted by Crippen LogP contribution is -2.54. The second kappa shape index (κ2) is 6.28. The molecule has 0 aromatic rings. The molecule has 0 N–H and O–H groups in total. The number of rotatable bonds is 4. The van der Waals surface area contributed by atoms with E-state index in [2.05, 4.69) is 23.9 Å². The summed E-state index contributed by atoms with van der Waals surface area (Å²) < 4.78 is 0. The van der Waals surface area contributed by atoms with E-state index in [4.69, 9.17) is 0 Å². The van der Waals surface area contributed by atoms with Crippen LogP contribution in [-0.4, -0.2) is 48.4 Å². The maximum absolute atomic E-state index is 12.7. The van der Waals surface area contributed by atoms with E-state index in [0.717, 1.165) is 31.8 Å². The molecular formula is C18H32N2O. The van der Waals surface area contributed by atoms with Gasteiger partial charge in [0.1, 0.15) is 0 Å². The van der Waals surface area contributed by atoms with Gasteiger partial charge in [-0.3, -0.25) is 4.79 Å². The first kappa shape index (κ1) is 15.3. The van der Waals surface area contributed by atoms with Crippen molar-refractivity contribution in [3.05, 3.63) is 0 Å². The molecule has 3 rings (SSSR count). The van der Waals surface area contributed by atoms with Crippen molar-refractivity contribution in [3.8, 4) is 0 Å². The highest BCUT2D eigenvalue weighted by atomic mass is 16.2. The lowest BCUT2D eigenvalue weighted by Gasteiger charge is -2.47. The molecule has 21 heavy (non-hydrogen) atoms. The topological polar surface area (TPSA) is 23.6 Å². The highest BCUT2D eigenvalue weighted by Crippen LogP contribution is 2.43. The van der Waals surface area contributed by atoms with E-state index in [1.807, 2.05) is 0 Å².